The Morgan fingerprint density at radius 1 is 1.36 bits per heavy atom. The van der Waals surface area contributed by atoms with Gasteiger partial charge in [-0.05, 0) is 18.4 Å². The monoisotopic (exact) mass is 161 g/mol. The maximum atomic E-state index is 11.8. The first-order valence-electron chi connectivity index (χ1n) is 3.33. The Balaban J connectivity index is 2.49. The fourth-order valence-corrected chi connectivity index (χ4v) is 0.920. The molecule has 1 radical (unpaired) electrons. The van der Waals surface area contributed by atoms with E-state index >= 15 is 0 Å². The summed E-state index contributed by atoms with van der Waals surface area (Å²) in [6.45, 7) is 0. The van der Waals surface area contributed by atoms with Crippen molar-refractivity contribution in [2.24, 2.45) is 0 Å². The van der Waals surface area contributed by atoms with Gasteiger partial charge in [0.2, 0.25) is 0 Å². The molecule has 0 unspecified atom stereocenters. The van der Waals surface area contributed by atoms with Crippen LogP contribution in [0.15, 0.2) is 23.8 Å². The summed E-state index contributed by atoms with van der Waals surface area (Å²) >= 11 is 0. The van der Waals surface area contributed by atoms with Gasteiger partial charge in [0, 0.05) is 0 Å². The second kappa shape index (κ2) is 3.11. The van der Waals surface area contributed by atoms with Gasteiger partial charge in [-0.25, -0.2) is 0 Å². The molecule has 0 saturated carbocycles. The van der Waals surface area contributed by atoms with Crippen LogP contribution in [0.25, 0.3) is 0 Å². The number of hydrogen-bond donors (Lipinski definition) is 0. The van der Waals surface area contributed by atoms with Crippen LogP contribution in [0, 0.1) is 6.42 Å². The molecule has 11 heavy (non-hydrogen) atoms. The maximum absolute atomic E-state index is 11.8. The molecule has 1 rings (SSSR count). The van der Waals surface area contributed by atoms with Gasteiger partial charge in [0.1, 0.15) is 0 Å². The molecule has 0 atom stereocenters. The quantitative estimate of drug-likeness (QED) is 0.554. The third-order valence-electron chi connectivity index (χ3n) is 1.37. The van der Waals surface area contributed by atoms with E-state index in [1.165, 1.54) is 6.08 Å². The molecule has 1 aliphatic carbocycles. The van der Waals surface area contributed by atoms with Gasteiger partial charge in [-0.3, -0.25) is 0 Å². The summed E-state index contributed by atoms with van der Waals surface area (Å²) in [6.07, 6.45) is 2.29. The molecule has 0 spiro atoms. The minimum Gasteiger partial charge on any atom is -0.171 e. The maximum Gasteiger partial charge on any atom is 0.393 e. The van der Waals surface area contributed by atoms with Gasteiger partial charge < -0.3 is 0 Å². The van der Waals surface area contributed by atoms with E-state index in [9.17, 15) is 13.2 Å². The van der Waals surface area contributed by atoms with Crippen LogP contribution >= 0.6 is 0 Å². The van der Waals surface area contributed by atoms with Crippen molar-refractivity contribution < 1.29 is 13.2 Å². The van der Waals surface area contributed by atoms with Gasteiger partial charge in [0.05, 0.1) is 6.42 Å². The summed E-state index contributed by atoms with van der Waals surface area (Å²) < 4.78 is 35.3. The first-order valence-corrected chi connectivity index (χ1v) is 3.33. The van der Waals surface area contributed by atoms with E-state index in [1.807, 2.05) is 6.42 Å². The van der Waals surface area contributed by atoms with E-state index in [0.29, 0.717) is 12.0 Å². The zero-order valence-corrected chi connectivity index (χ0v) is 5.86. The lowest BCUT2D eigenvalue weighted by Gasteiger charge is -2.09. The lowest BCUT2D eigenvalue weighted by atomic mass is 10.0. The second-order valence-corrected chi connectivity index (χ2v) is 2.40. The molecule has 3 heteroatoms. The van der Waals surface area contributed by atoms with Gasteiger partial charge in [-0.2, -0.15) is 13.2 Å². The Kier molecular flexibility index (Phi) is 2.37. The van der Waals surface area contributed by atoms with Gasteiger partial charge in [0.15, 0.2) is 0 Å². The number of alkyl halides is 3. The molecule has 0 N–H and O–H groups in total. The summed E-state index contributed by atoms with van der Waals surface area (Å²) in [6, 6.07) is 0. The Labute approximate surface area is 63.4 Å². The average molecular weight is 161 g/mol. The Morgan fingerprint density at radius 2 is 2.09 bits per heavy atom. The van der Waals surface area contributed by atoms with E-state index in [2.05, 4.69) is 0 Å². The van der Waals surface area contributed by atoms with Gasteiger partial charge in [0.25, 0.3) is 0 Å². The predicted octanol–water partition coefficient (Wildman–Crippen LogP) is 3.03. The van der Waals surface area contributed by atoms with Crippen molar-refractivity contribution in [3.63, 3.8) is 0 Å². The van der Waals surface area contributed by atoms with Gasteiger partial charge in [-0.15, -0.1) is 0 Å². The average Bonchev–Trinajstić information content (AvgIpc) is 1.85. The van der Waals surface area contributed by atoms with Crippen LogP contribution in [0.1, 0.15) is 12.8 Å². The summed E-state index contributed by atoms with van der Waals surface area (Å²) in [5.74, 6) is 0. The van der Waals surface area contributed by atoms with E-state index in [-0.39, 0.29) is 0 Å². The second-order valence-electron chi connectivity index (χ2n) is 2.40. The number of rotatable bonds is 1. The minimum absolute atomic E-state index is 0.361. The number of hydrogen-bond acceptors (Lipinski definition) is 0. The molecule has 0 heterocycles. The van der Waals surface area contributed by atoms with Crippen molar-refractivity contribution in [2.45, 2.75) is 19.0 Å². The van der Waals surface area contributed by atoms with E-state index in [0.717, 1.165) is 0 Å². The highest BCUT2D eigenvalue weighted by atomic mass is 19.4. The highest BCUT2D eigenvalue weighted by molar-refractivity contribution is 5.26. The molecular formula is C8H8F3. The van der Waals surface area contributed by atoms with Crippen LogP contribution in [0.4, 0.5) is 13.2 Å². The predicted molar refractivity (Wildman–Crippen MR) is 36.8 cm³/mol. The van der Waals surface area contributed by atoms with Crippen molar-refractivity contribution in [3.8, 4) is 0 Å². The summed E-state index contributed by atoms with van der Waals surface area (Å²) in [5.41, 5.74) is 0.361. The summed E-state index contributed by atoms with van der Waals surface area (Å²) in [7, 11) is 0. The molecule has 0 aromatic heterocycles. The van der Waals surface area contributed by atoms with Gasteiger partial charge in [-0.1, -0.05) is 18.2 Å². The third-order valence-corrected chi connectivity index (χ3v) is 1.37. The van der Waals surface area contributed by atoms with Crippen LogP contribution in [0.2, 0.25) is 0 Å². The van der Waals surface area contributed by atoms with Crippen LogP contribution < -0.4 is 0 Å². The normalized spacial score (nSPS) is 18.3. The lowest BCUT2D eigenvalue weighted by molar-refractivity contribution is -0.126. The van der Waals surface area contributed by atoms with E-state index < -0.39 is 12.6 Å². The largest absolute Gasteiger partial charge is 0.393 e. The van der Waals surface area contributed by atoms with E-state index in [4.69, 9.17) is 0 Å². The Hall–Kier alpha value is -0.730. The topological polar surface area (TPSA) is 0 Å². The van der Waals surface area contributed by atoms with Crippen LogP contribution in [0.5, 0.6) is 0 Å². The molecule has 0 fully saturated rings. The molecule has 61 valence electrons. The highest BCUT2D eigenvalue weighted by Crippen LogP contribution is 2.26. The summed E-state index contributed by atoms with van der Waals surface area (Å²) in [5, 5.41) is 0. The molecule has 0 aromatic carbocycles. The summed E-state index contributed by atoms with van der Waals surface area (Å²) in [4.78, 5) is 0. The fraction of sp³-hybridized carbons (Fsp3) is 0.375. The van der Waals surface area contributed by atoms with Crippen LogP contribution in [-0.4, -0.2) is 6.18 Å². The highest BCUT2D eigenvalue weighted by Gasteiger charge is 2.27. The van der Waals surface area contributed by atoms with Crippen molar-refractivity contribution in [1.29, 1.82) is 0 Å². The standard InChI is InChI=1S/C8H8F3/c9-8(10,11)6-7-4-2-1-3-5-7/h1-2,4-5H,3,6H2. The third kappa shape index (κ3) is 3.25. The molecule has 0 nitrogen and oxygen atoms in total. The van der Waals surface area contributed by atoms with Gasteiger partial charge >= 0.3 is 6.18 Å². The molecule has 0 bridgehead atoms. The molecule has 0 aromatic rings. The Morgan fingerprint density at radius 3 is 2.55 bits per heavy atom. The molecule has 0 aliphatic heterocycles. The zero-order valence-electron chi connectivity index (χ0n) is 5.86. The van der Waals surface area contributed by atoms with E-state index in [1.54, 1.807) is 12.2 Å². The molecular weight excluding hydrogens is 153 g/mol. The van der Waals surface area contributed by atoms with Crippen LogP contribution in [0.3, 0.4) is 0 Å². The number of allylic oxidation sites excluding steroid dienone is 4. The zero-order chi connectivity index (χ0) is 8.32. The van der Waals surface area contributed by atoms with Crippen molar-refractivity contribution in [1.82, 2.24) is 0 Å². The SMILES string of the molecule is FC(F)(F)CC1=CC[CH]C=C1. The number of halogens is 3. The lowest BCUT2D eigenvalue weighted by Crippen LogP contribution is -2.08. The smallest absolute Gasteiger partial charge is 0.171 e. The fourth-order valence-electron chi connectivity index (χ4n) is 0.920. The first-order chi connectivity index (χ1) is 5.08. The molecule has 0 saturated heterocycles. The molecule has 1 aliphatic rings. The first kappa shape index (κ1) is 8.37. The minimum atomic E-state index is -4.08. The molecule has 0 amide bonds. The Bertz CT molecular complexity index is 186. The van der Waals surface area contributed by atoms with Crippen LogP contribution in [-0.2, 0) is 0 Å². The van der Waals surface area contributed by atoms with Crippen molar-refractivity contribution in [2.75, 3.05) is 0 Å². The van der Waals surface area contributed by atoms with Crippen molar-refractivity contribution >= 4 is 0 Å². The van der Waals surface area contributed by atoms with Crippen molar-refractivity contribution in [3.05, 3.63) is 30.2 Å².